The van der Waals surface area contributed by atoms with E-state index in [-0.39, 0.29) is 5.76 Å². The molecule has 1 rings (SSSR count). The second kappa shape index (κ2) is 3.29. The summed E-state index contributed by atoms with van der Waals surface area (Å²) in [6.07, 6.45) is 0. The Morgan fingerprint density at radius 1 is 1.36 bits per heavy atom. The third kappa shape index (κ3) is 1.69. The molecule has 0 atom stereocenters. The highest BCUT2D eigenvalue weighted by atomic mass is 16.4. The van der Waals surface area contributed by atoms with E-state index in [1.54, 1.807) is 13.0 Å². The van der Waals surface area contributed by atoms with Gasteiger partial charge in [0.2, 0.25) is 5.78 Å². The SMILES string of the molecule is Cc1ccc(C(=O)C(C)(C)C(=O)O)o1. The Morgan fingerprint density at radius 2 is 1.93 bits per heavy atom. The van der Waals surface area contributed by atoms with Crippen molar-refractivity contribution in [2.75, 3.05) is 0 Å². The van der Waals surface area contributed by atoms with Crippen molar-refractivity contribution in [2.45, 2.75) is 20.8 Å². The van der Waals surface area contributed by atoms with Crippen LogP contribution in [0.3, 0.4) is 0 Å². The molecule has 4 nitrogen and oxygen atoms in total. The number of furan rings is 1. The molecule has 14 heavy (non-hydrogen) atoms. The highest BCUT2D eigenvalue weighted by molar-refractivity contribution is 6.09. The van der Waals surface area contributed by atoms with Gasteiger partial charge >= 0.3 is 5.97 Å². The van der Waals surface area contributed by atoms with Gasteiger partial charge in [-0.3, -0.25) is 9.59 Å². The van der Waals surface area contributed by atoms with Gasteiger partial charge < -0.3 is 9.52 Å². The van der Waals surface area contributed by atoms with Gasteiger partial charge in [-0.1, -0.05) is 0 Å². The summed E-state index contributed by atoms with van der Waals surface area (Å²) in [7, 11) is 0. The molecule has 0 saturated carbocycles. The fraction of sp³-hybridized carbons (Fsp3) is 0.400. The van der Waals surface area contributed by atoms with Crippen molar-refractivity contribution in [2.24, 2.45) is 5.41 Å². The average molecular weight is 196 g/mol. The van der Waals surface area contributed by atoms with Crippen LogP contribution in [0.5, 0.6) is 0 Å². The normalized spacial score (nSPS) is 11.4. The molecule has 0 aliphatic heterocycles. The van der Waals surface area contributed by atoms with Crippen molar-refractivity contribution in [1.82, 2.24) is 0 Å². The van der Waals surface area contributed by atoms with Crippen molar-refractivity contribution in [3.8, 4) is 0 Å². The zero-order valence-corrected chi connectivity index (χ0v) is 8.33. The number of carbonyl (C=O) groups excluding carboxylic acids is 1. The second-order valence-electron chi connectivity index (χ2n) is 3.67. The second-order valence-corrected chi connectivity index (χ2v) is 3.67. The summed E-state index contributed by atoms with van der Waals surface area (Å²) in [5.74, 6) is -0.987. The molecule has 0 aliphatic carbocycles. The van der Waals surface area contributed by atoms with Crippen LogP contribution in [0.25, 0.3) is 0 Å². The van der Waals surface area contributed by atoms with E-state index in [9.17, 15) is 9.59 Å². The number of rotatable bonds is 3. The van der Waals surface area contributed by atoms with Gasteiger partial charge in [0.05, 0.1) is 0 Å². The maximum absolute atomic E-state index is 11.6. The fourth-order valence-electron chi connectivity index (χ4n) is 0.962. The first kappa shape index (κ1) is 10.5. The lowest BCUT2D eigenvalue weighted by Gasteiger charge is -2.15. The maximum Gasteiger partial charge on any atom is 0.317 e. The molecule has 0 fully saturated rings. The minimum absolute atomic E-state index is 0.0925. The van der Waals surface area contributed by atoms with Crippen LogP contribution < -0.4 is 0 Å². The molecule has 1 aromatic rings. The summed E-state index contributed by atoms with van der Waals surface area (Å²) in [4.78, 5) is 22.4. The zero-order chi connectivity index (χ0) is 10.9. The number of ketones is 1. The molecule has 0 unspecified atom stereocenters. The summed E-state index contributed by atoms with van der Waals surface area (Å²) < 4.78 is 5.07. The number of aliphatic carboxylic acids is 1. The Balaban J connectivity index is 3.02. The number of hydrogen-bond donors (Lipinski definition) is 1. The van der Waals surface area contributed by atoms with E-state index in [0.717, 1.165) is 0 Å². The lowest BCUT2D eigenvalue weighted by atomic mass is 9.87. The molecule has 0 radical (unpaired) electrons. The van der Waals surface area contributed by atoms with Crippen LogP contribution in [0.15, 0.2) is 16.5 Å². The van der Waals surface area contributed by atoms with Gasteiger partial charge in [0.15, 0.2) is 5.76 Å². The van der Waals surface area contributed by atoms with E-state index in [4.69, 9.17) is 9.52 Å². The van der Waals surface area contributed by atoms with E-state index in [1.807, 2.05) is 0 Å². The van der Waals surface area contributed by atoms with E-state index in [2.05, 4.69) is 0 Å². The zero-order valence-electron chi connectivity index (χ0n) is 8.33. The summed E-state index contributed by atoms with van der Waals surface area (Å²) in [5, 5.41) is 8.82. The van der Waals surface area contributed by atoms with Crippen LogP contribution in [0.4, 0.5) is 0 Å². The third-order valence-corrected chi connectivity index (χ3v) is 2.07. The molecule has 1 aromatic heterocycles. The number of carbonyl (C=O) groups is 2. The predicted molar refractivity (Wildman–Crippen MR) is 49.2 cm³/mol. The molecule has 0 amide bonds. The Hall–Kier alpha value is -1.58. The highest BCUT2D eigenvalue weighted by Crippen LogP contribution is 2.23. The minimum atomic E-state index is -1.44. The lowest BCUT2D eigenvalue weighted by Crippen LogP contribution is -2.33. The molecule has 0 spiro atoms. The topological polar surface area (TPSA) is 67.5 Å². The van der Waals surface area contributed by atoms with E-state index in [1.165, 1.54) is 19.9 Å². The monoisotopic (exact) mass is 196 g/mol. The van der Waals surface area contributed by atoms with Crippen LogP contribution in [-0.2, 0) is 4.79 Å². The molecule has 1 N–H and O–H groups in total. The Bertz CT molecular complexity index is 373. The van der Waals surface area contributed by atoms with Gasteiger partial charge in [-0.15, -0.1) is 0 Å². The maximum atomic E-state index is 11.6. The van der Waals surface area contributed by atoms with Gasteiger partial charge in [0, 0.05) is 0 Å². The number of aryl methyl sites for hydroxylation is 1. The van der Waals surface area contributed by atoms with Gasteiger partial charge in [-0.05, 0) is 32.9 Å². The molecule has 0 aromatic carbocycles. The first-order chi connectivity index (χ1) is 6.35. The predicted octanol–water partition coefficient (Wildman–Crippen LogP) is 1.88. The van der Waals surface area contributed by atoms with Crippen molar-refractivity contribution >= 4 is 11.8 Å². The third-order valence-electron chi connectivity index (χ3n) is 2.07. The molecule has 76 valence electrons. The Labute approximate surface area is 81.5 Å². The number of carboxylic acid groups (broad SMARTS) is 1. The summed E-state index contributed by atoms with van der Waals surface area (Å²) >= 11 is 0. The van der Waals surface area contributed by atoms with Crippen LogP contribution >= 0.6 is 0 Å². The standard InChI is InChI=1S/C10H12O4/c1-6-4-5-7(14-6)8(11)10(2,3)9(12)13/h4-5H,1-3H3,(H,12,13). The molecular weight excluding hydrogens is 184 g/mol. The highest BCUT2D eigenvalue weighted by Gasteiger charge is 2.38. The van der Waals surface area contributed by atoms with E-state index in [0.29, 0.717) is 5.76 Å². The van der Waals surface area contributed by atoms with Gasteiger partial charge in [-0.25, -0.2) is 0 Å². The minimum Gasteiger partial charge on any atom is -0.480 e. The fourth-order valence-corrected chi connectivity index (χ4v) is 0.962. The van der Waals surface area contributed by atoms with Crippen molar-refractivity contribution in [1.29, 1.82) is 0 Å². The van der Waals surface area contributed by atoms with Crippen molar-refractivity contribution in [3.63, 3.8) is 0 Å². The summed E-state index contributed by atoms with van der Waals surface area (Å²) in [6, 6.07) is 3.12. The Kier molecular flexibility index (Phi) is 2.47. The molecule has 1 heterocycles. The number of hydrogen-bond acceptors (Lipinski definition) is 3. The number of Topliss-reactive ketones (excluding diaryl/α,β-unsaturated/α-hetero) is 1. The van der Waals surface area contributed by atoms with Crippen LogP contribution in [-0.4, -0.2) is 16.9 Å². The van der Waals surface area contributed by atoms with Crippen molar-refractivity contribution in [3.05, 3.63) is 23.7 Å². The van der Waals surface area contributed by atoms with E-state index >= 15 is 0 Å². The van der Waals surface area contributed by atoms with Crippen LogP contribution in [0.1, 0.15) is 30.2 Å². The smallest absolute Gasteiger partial charge is 0.317 e. The average Bonchev–Trinajstić information content (AvgIpc) is 2.50. The summed E-state index contributed by atoms with van der Waals surface area (Å²) in [6.45, 7) is 4.41. The molecule has 0 aliphatic rings. The number of carboxylic acids is 1. The van der Waals surface area contributed by atoms with Crippen LogP contribution in [0.2, 0.25) is 0 Å². The van der Waals surface area contributed by atoms with Crippen LogP contribution in [0, 0.1) is 12.3 Å². The van der Waals surface area contributed by atoms with Gasteiger partial charge in [0.1, 0.15) is 11.2 Å². The first-order valence-electron chi connectivity index (χ1n) is 4.20. The molecular formula is C10H12O4. The molecule has 0 saturated heterocycles. The van der Waals surface area contributed by atoms with Gasteiger partial charge in [0.25, 0.3) is 0 Å². The van der Waals surface area contributed by atoms with Gasteiger partial charge in [-0.2, -0.15) is 0 Å². The molecule has 4 heteroatoms. The quantitative estimate of drug-likeness (QED) is 0.592. The Morgan fingerprint density at radius 3 is 2.29 bits per heavy atom. The summed E-state index contributed by atoms with van der Waals surface area (Å²) in [5.41, 5.74) is -1.44. The largest absolute Gasteiger partial charge is 0.480 e. The van der Waals surface area contributed by atoms with Crippen molar-refractivity contribution < 1.29 is 19.1 Å². The van der Waals surface area contributed by atoms with E-state index < -0.39 is 17.2 Å². The first-order valence-corrected chi connectivity index (χ1v) is 4.20. The molecule has 0 bridgehead atoms. The lowest BCUT2D eigenvalue weighted by molar-refractivity contribution is -0.144.